The van der Waals surface area contributed by atoms with Crippen LogP contribution in [0.2, 0.25) is 19.1 Å². The lowest BCUT2D eigenvalue weighted by molar-refractivity contribution is -0.137. The zero-order chi connectivity index (χ0) is 44.4. The van der Waals surface area contributed by atoms with Crippen LogP contribution in [0.25, 0.3) is 44.5 Å². The van der Waals surface area contributed by atoms with Gasteiger partial charge in [-0.1, -0.05) is 81.5 Å². The summed E-state index contributed by atoms with van der Waals surface area (Å²) in [6, 6.07) is 22.1. The Labute approximate surface area is 368 Å². The van der Waals surface area contributed by atoms with Crippen molar-refractivity contribution in [1.82, 2.24) is 40.4 Å². The zero-order valence-electron chi connectivity index (χ0n) is 36.9. The Balaban J connectivity index is 0.942. The van der Waals surface area contributed by atoms with Crippen molar-refractivity contribution in [3.63, 3.8) is 0 Å². The molecular formula is C47H58N8O7Si. The first-order valence-electron chi connectivity index (χ1n) is 22.0. The zero-order valence-corrected chi connectivity index (χ0v) is 37.9. The summed E-state index contributed by atoms with van der Waals surface area (Å²) in [6.45, 7) is 10.1. The molecule has 0 aliphatic carbocycles. The minimum Gasteiger partial charge on any atom is -0.453 e. The fourth-order valence-electron chi connectivity index (χ4n) is 9.45. The number of imidazole rings is 2. The molecule has 0 bridgehead atoms. The smallest absolute Gasteiger partial charge is 0.407 e. The van der Waals surface area contributed by atoms with Crippen LogP contribution in [-0.2, 0) is 23.8 Å². The van der Waals surface area contributed by atoms with Gasteiger partial charge in [-0.25, -0.2) is 19.6 Å². The number of rotatable bonds is 11. The van der Waals surface area contributed by atoms with Gasteiger partial charge < -0.3 is 44.6 Å². The lowest BCUT2D eigenvalue weighted by Gasteiger charge is -2.34. The second-order valence-electron chi connectivity index (χ2n) is 18.2. The van der Waals surface area contributed by atoms with Gasteiger partial charge in [-0.05, 0) is 83.5 Å². The van der Waals surface area contributed by atoms with Gasteiger partial charge in [-0.2, -0.15) is 0 Å². The molecule has 63 heavy (non-hydrogen) atoms. The van der Waals surface area contributed by atoms with Crippen molar-refractivity contribution in [2.45, 2.75) is 82.8 Å². The van der Waals surface area contributed by atoms with Gasteiger partial charge in [0.05, 0.1) is 57.3 Å². The SMILES string of the molecule is COC(=O)N[C@H](C(=O)N1C[Si](C)(C)C[C@H]1c1nc2cc(-c3ccc(-c4ccc(-c5cnc([C@@H]6CCCN6C(=O)[C@@H](NC(=O)OC)C6CCOCC6)[nH]5)cc4)cc3)ccc2[nH]1)C(C)C. The highest BCUT2D eigenvalue weighted by molar-refractivity contribution is 6.78. The Morgan fingerprint density at radius 1 is 0.762 bits per heavy atom. The van der Waals surface area contributed by atoms with E-state index >= 15 is 0 Å². The first-order chi connectivity index (χ1) is 30.3. The Morgan fingerprint density at radius 3 is 2.03 bits per heavy atom. The molecule has 2 aromatic heterocycles. The van der Waals surface area contributed by atoms with Crippen LogP contribution in [0.3, 0.4) is 0 Å². The van der Waals surface area contributed by atoms with Crippen LogP contribution in [0, 0.1) is 11.8 Å². The van der Waals surface area contributed by atoms with Gasteiger partial charge in [-0.3, -0.25) is 9.59 Å². The van der Waals surface area contributed by atoms with Crippen LogP contribution in [0.4, 0.5) is 9.59 Å². The lowest BCUT2D eigenvalue weighted by atomic mass is 9.90. The average molecular weight is 875 g/mol. The summed E-state index contributed by atoms with van der Waals surface area (Å²) < 4.78 is 15.2. The molecule has 8 rings (SSSR count). The Morgan fingerprint density at radius 2 is 1.38 bits per heavy atom. The number of benzene rings is 3. The summed E-state index contributed by atoms with van der Waals surface area (Å²) in [6.07, 6.45) is 4.29. The highest BCUT2D eigenvalue weighted by Gasteiger charge is 2.46. The van der Waals surface area contributed by atoms with E-state index in [1.54, 1.807) is 0 Å². The van der Waals surface area contributed by atoms with Gasteiger partial charge in [0.15, 0.2) is 0 Å². The molecule has 3 aliphatic heterocycles. The quantitative estimate of drug-likeness (QED) is 0.0971. The van der Waals surface area contributed by atoms with Crippen LogP contribution in [-0.4, -0.2) is 114 Å². The average Bonchev–Trinajstić information content (AvgIpc) is 4.12. The number of carbonyl (C=O) groups is 4. The Bertz CT molecular complexity index is 2440. The summed E-state index contributed by atoms with van der Waals surface area (Å²) in [7, 11) is 0.852. The fourth-order valence-corrected chi connectivity index (χ4v) is 12.3. The summed E-state index contributed by atoms with van der Waals surface area (Å²) in [4.78, 5) is 72.9. The van der Waals surface area contributed by atoms with E-state index in [9.17, 15) is 19.2 Å². The third-order valence-corrected chi connectivity index (χ3v) is 15.6. The normalized spacial score (nSPS) is 19.9. The maximum absolute atomic E-state index is 14.0. The molecule has 3 aromatic carbocycles. The van der Waals surface area contributed by atoms with Crippen LogP contribution >= 0.6 is 0 Å². The van der Waals surface area contributed by atoms with E-state index in [-0.39, 0.29) is 35.7 Å². The largest absolute Gasteiger partial charge is 0.453 e. The summed E-state index contributed by atoms with van der Waals surface area (Å²) >= 11 is 0. The van der Waals surface area contributed by atoms with Gasteiger partial charge in [0.25, 0.3) is 0 Å². The molecule has 4 N–H and O–H groups in total. The number of nitrogens with zero attached hydrogens (tertiary/aromatic N) is 4. The Kier molecular flexibility index (Phi) is 12.7. The number of nitrogens with one attached hydrogen (secondary N) is 4. The molecule has 0 unspecified atom stereocenters. The molecule has 0 radical (unpaired) electrons. The second kappa shape index (κ2) is 18.4. The van der Waals surface area contributed by atoms with Gasteiger partial charge in [0, 0.05) is 25.9 Å². The summed E-state index contributed by atoms with van der Waals surface area (Å²) in [5.41, 5.74) is 7.84. The minimum atomic E-state index is -1.76. The van der Waals surface area contributed by atoms with Crippen molar-refractivity contribution in [2.75, 3.05) is 40.1 Å². The number of fused-ring (bicyclic) bond motifs is 1. The molecule has 3 aliphatic rings. The number of hydrogen-bond acceptors (Lipinski definition) is 9. The molecule has 16 heteroatoms. The molecule has 3 saturated heterocycles. The molecule has 5 aromatic rings. The van der Waals surface area contributed by atoms with Crippen molar-refractivity contribution in [3.05, 3.63) is 84.6 Å². The van der Waals surface area contributed by atoms with E-state index in [0.717, 1.165) is 75.1 Å². The van der Waals surface area contributed by atoms with E-state index in [0.29, 0.717) is 38.8 Å². The number of carbonyl (C=O) groups excluding carboxylic acids is 4. The fraction of sp³-hybridized carbons (Fsp3) is 0.447. The number of methoxy groups -OCH3 is 2. The number of alkyl carbamates (subject to hydrolysis) is 2. The first kappa shape index (κ1) is 43.6. The van der Waals surface area contributed by atoms with Crippen LogP contribution < -0.4 is 10.6 Å². The molecule has 332 valence electrons. The number of likely N-dealkylation sites (tertiary alicyclic amines) is 1. The highest BCUT2D eigenvalue weighted by atomic mass is 28.3. The van der Waals surface area contributed by atoms with E-state index in [4.69, 9.17) is 24.2 Å². The van der Waals surface area contributed by atoms with Crippen molar-refractivity contribution in [1.29, 1.82) is 0 Å². The van der Waals surface area contributed by atoms with Gasteiger partial charge >= 0.3 is 12.2 Å². The van der Waals surface area contributed by atoms with Gasteiger partial charge in [0.1, 0.15) is 23.7 Å². The molecule has 4 amide bonds. The maximum atomic E-state index is 14.0. The van der Waals surface area contributed by atoms with Crippen molar-refractivity contribution in [2.24, 2.45) is 11.8 Å². The topological polar surface area (TPSA) is 184 Å². The number of H-pyrrole nitrogens is 2. The molecule has 15 nitrogen and oxygen atoms in total. The van der Waals surface area contributed by atoms with E-state index in [1.807, 2.05) is 35.9 Å². The molecule has 5 heterocycles. The van der Waals surface area contributed by atoms with Crippen LogP contribution in [0.15, 0.2) is 72.9 Å². The van der Waals surface area contributed by atoms with Crippen LogP contribution in [0.5, 0.6) is 0 Å². The molecule has 3 fully saturated rings. The molecule has 0 saturated carbocycles. The standard InChI is InChI=1S/C47H58N8O7Si/c1-28(2)40(52-46(58)60-3)44(56)55-27-63(5,6)26-39(55)43-49-35-18-17-34(24-36(35)50-43)31-11-9-29(10-12-31)30-13-15-32(16-14-30)37-25-48-42(51-37)38-8-7-21-54(38)45(57)41(53-47(59)61-4)33-19-22-62-23-20-33/h9-18,24-25,28,33,38-41H,7-8,19-23,26-27H2,1-6H3,(H,48,51)(H,49,50)(H,52,58)(H,53,59)/t38-,39-,40-,41-/m0/s1. The predicted octanol–water partition coefficient (Wildman–Crippen LogP) is 7.61. The molecule has 0 spiro atoms. The highest BCUT2D eigenvalue weighted by Crippen LogP contribution is 2.39. The monoisotopic (exact) mass is 874 g/mol. The van der Waals surface area contributed by atoms with Crippen LogP contribution in [0.1, 0.15) is 63.3 Å². The maximum Gasteiger partial charge on any atom is 0.407 e. The second-order valence-corrected chi connectivity index (χ2v) is 23.2. The predicted molar refractivity (Wildman–Crippen MR) is 242 cm³/mol. The number of aromatic nitrogens is 4. The van der Waals surface area contributed by atoms with Crippen molar-refractivity contribution < 1.29 is 33.4 Å². The van der Waals surface area contributed by atoms with Crippen molar-refractivity contribution in [3.8, 4) is 33.5 Å². The molecule has 4 atom stereocenters. The third-order valence-electron chi connectivity index (χ3n) is 12.9. The van der Waals surface area contributed by atoms with Crippen molar-refractivity contribution >= 4 is 43.1 Å². The number of amides is 4. The molecular weight excluding hydrogens is 817 g/mol. The van der Waals surface area contributed by atoms with E-state index in [1.165, 1.54) is 14.2 Å². The Hall–Kier alpha value is -6.00. The number of hydrogen-bond donors (Lipinski definition) is 4. The first-order valence-corrected chi connectivity index (χ1v) is 25.4. The van der Waals surface area contributed by atoms with E-state index in [2.05, 4.69) is 94.4 Å². The lowest BCUT2D eigenvalue weighted by Crippen LogP contribution is -2.53. The van der Waals surface area contributed by atoms with Gasteiger partial charge in [0.2, 0.25) is 11.8 Å². The summed E-state index contributed by atoms with van der Waals surface area (Å²) in [5, 5.41) is 5.57. The third kappa shape index (κ3) is 9.37. The minimum absolute atomic E-state index is 0.0268. The van der Waals surface area contributed by atoms with E-state index < -0.39 is 32.3 Å². The number of ether oxygens (including phenoxy) is 3. The number of aromatic amines is 2. The summed E-state index contributed by atoms with van der Waals surface area (Å²) in [5.74, 6) is 1.13. The van der Waals surface area contributed by atoms with Gasteiger partial charge in [-0.15, -0.1) is 0 Å².